The maximum absolute atomic E-state index is 13.1. The zero-order valence-corrected chi connectivity index (χ0v) is 13.3. The monoisotopic (exact) mass is 343 g/mol. The van der Waals surface area contributed by atoms with Crippen molar-refractivity contribution in [2.24, 2.45) is 0 Å². The van der Waals surface area contributed by atoms with Gasteiger partial charge in [0.25, 0.3) is 0 Å². The molecular formula is C16H20F3N3O2. The quantitative estimate of drug-likeness (QED) is 0.852. The van der Waals surface area contributed by atoms with Crippen LogP contribution in [0.3, 0.4) is 0 Å². The highest BCUT2D eigenvalue weighted by Gasteiger charge is 2.36. The molecule has 1 atom stereocenters. The summed E-state index contributed by atoms with van der Waals surface area (Å²) in [7, 11) is 0. The first-order chi connectivity index (χ1) is 11.3. The number of hydrogen-bond acceptors (Lipinski definition) is 3. The number of piperazine rings is 1. The second-order valence-electron chi connectivity index (χ2n) is 5.59. The van der Waals surface area contributed by atoms with Crippen LogP contribution in [-0.4, -0.2) is 42.4 Å². The molecule has 0 aliphatic carbocycles. The topological polar surface area (TPSA) is 61.4 Å². The molecule has 0 bridgehead atoms. The van der Waals surface area contributed by atoms with Crippen LogP contribution in [0, 0.1) is 0 Å². The summed E-state index contributed by atoms with van der Waals surface area (Å²) < 4.78 is 39.4. The third kappa shape index (κ3) is 4.47. The molecule has 5 nitrogen and oxygen atoms in total. The minimum atomic E-state index is -4.45. The average Bonchev–Trinajstić information content (AvgIpc) is 2.50. The van der Waals surface area contributed by atoms with Crippen molar-refractivity contribution >= 4 is 11.8 Å². The third-order valence-corrected chi connectivity index (χ3v) is 3.89. The number of nitrogens with one attached hydrogen (secondary N) is 2. The van der Waals surface area contributed by atoms with E-state index in [1.54, 1.807) is 11.8 Å². The van der Waals surface area contributed by atoms with Gasteiger partial charge in [0, 0.05) is 26.2 Å². The summed E-state index contributed by atoms with van der Waals surface area (Å²) in [6, 6.07) is 4.53. The molecule has 2 N–H and O–H groups in total. The summed E-state index contributed by atoms with van der Waals surface area (Å²) in [5.41, 5.74) is -0.617. The van der Waals surface area contributed by atoms with Gasteiger partial charge in [0.1, 0.15) is 0 Å². The Kier molecular flexibility index (Phi) is 5.82. The van der Waals surface area contributed by atoms with Gasteiger partial charge in [0.2, 0.25) is 11.8 Å². The molecule has 0 saturated carbocycles. The summed E-state index contributed by atoms with van der Waals surface area (Å²) >= 11 is 0. The van der Waals surface area contributed by atoms with E-state index in [0.29, 0.717) is 19.6 Å². The van der Waals surface area contributed by atoms with Crippen LogP contribution < -0.4 is 10.6 Å². The van der Waals surface area contributed by atoms with Crippen LogP contribution in [0.25, 0.3) is 0 Å². The van der Waals surface area contributed by atoms with Gasteiger partial charge in [-0.2, -0.15) is 13.2 Å². The van der Waals surface area contributed by atoms with Crippen LogP contribution in [0.4, 0.5) is 13.2 Å². The zero-order chi connectivity index (χ0) is 17.7. The summed E-state index contributed by atoms with van der Waals surface area (Å²) in [6.45, 7) is 2.90. The molecule has 1 aromatic rings. The van der Waals surface area contributed by atoms with Crippen molar-refractivity contribution in [3.05, 3.63) is 35.4 Å². The van der Waals surface area contributed by atoms with Gasteiger partial charge in [-0.05, 0) is 18.6 Å². The number of carbonyl (C=O) groups excluding carboxylic acids is 2. The average molecular weight is 343 g/mol. The van der Waals surface area contributed by atoms with Crippen LogP contribution in [0.15, 0.2) is 24.3 Å². The zero-order valence-electron chi connectivity index (χ0n) is 13.3. The van der Waals surface area contributed by atoms with Gasteiger partial charge < -0.3 is 10.6 Å². The number of carbonyl (C=O) groups is 2. The largest absolute Gasteiger partial charge is 0.416 e. The summed E-state index contributed by atoms with van der Waals surface area (Å²) in [5, 5.41) is 5.27. The van der Waals surface area contributed by atoms with Crippen molar-refractivity contribution in [1.29, 1.82) is 0 Å². The number of nitrogens with zero attached hydrogens (tertiary/aromatic N) is 1. The number of rotatable bonds is 5. The minimum Gasteiger partial charge on any atom is -0.356 e. The van der Waals surface area contributed by atoms with E-state index >= 15 is 0 Å². The Morgan fingerprint density at radius 1 is 1.38 bits per heavy atom. The third-order valence-electron chi connectivity index (χ3n) is 3.89. The normalized spacial score (nSPS) is 19.0. The van der Waals surface area contributed by atoms with E-state index in [0.717, 1.165) is 6.07 Å². The Labute approximate surface area is 138 Å². The number of alkyl halides is 3. The van der Waals surface area contributed by atoms with Gasteiger partial charge >= 0.3 is 6.18 Å². The lowest BCUT2D eigenvalue weighted by Crippen LogP contribution is -2.56. The van der Waals surface area contributed by atoms with Crippen LogP contribution >= 0.6 is 0 Å². The minimum absolute atomic E-state index is 0.0345. The predicted octanol–water partition coefficient (Wildman–Crippen LogP) is 1.53. The lowest BCUT2D eigenvalue weighted by atomic mass is 10.0. The van der Waals surface area contributed by atoms with Gasteiger partial charge in [-0.15, -0.1) is 0 Å². The highest BCUT2D eigenvalue weighted by Crippen LogP contribution is 2.32. The second-order valence-corrected chi connectivity index (χ2v) is 5.59. The maximum Gasteiger partial charge on any atom is 0.416 e. The molecule has 1 heterocycles. The lowest BCUT2D eigenvalue weighted by Gasteiger charge is -2.35. The number of benzene rings is 1. The van der Waals surface area contributed by atoms with Crippen molar-refractivity contribution in [2.75, 3.05) is 19.6 Å². The van der Waals surface area contributed by atoms with Gasteiger partial charge in [-0.3, -0.25) is 14.5 Å². The number of amides is 2. The highest BCUT2D eigenvalue weighted by atomic mass is 19.4. The molecule has 1 aromatic carbocycles. The van der Waals surface area contributed by atoms with Crippen molar-refractivity contribution in [3.63, 3.8) is 0 Å². The second kappa shape index (κ2) is 7.65. The first kappa shape index (κ1) is 18.3. The summed E-state index contributed by atoms with van der Waals surface area (Å²) in [5.74, 6) is -0.634. The molecule has 132 valence electrons. The summed E-state index contributed by atoms with van der Waals surface area (Å²) in [6.07, 6.45) is -4.53. The summed E-state index contributed by atoms with van der Waals surface area (Å²) in [4.78, 5) is 25.5. The molecule has 0 aromatic heterocycles. The molecule has 1 saturated heterocycles. The smallest absolute Gasteiger partial charge is 0.356 e. The van der Waals surface area contributed by atoms with Crippen LogP contribution in [0.1, 0.15) is 24.5 Å². The van der Waals surface area contributed by atoms with Crippen molar-refractivity contribution in [1.82, 2.24) is 15.5 Å². The van der Waals surface area contributed by atoms with Gasteiger partial charge in [-0.1, -0.05) is 18.2 Å². The Hall–Kier alpha value is -2.09. The first-order valence-corrected chi connectivity index (χ1v) is 7.76. The molecule has 1 aliphatic rings. The first-order valence-electron chi connectivity index (χ1n) is 7.76. The van der Waals surface area contributed by atoms with Crippen LogP contribution in [0.2, 0.25) is 0 Å². The van der Waals surface area contributed by atoms with Gasteiger partial charge in [0.15, 0.2) is 0 Å². The van der Waals surface area contributed by atoms with Crippen molar-refractivity contribution in [3.8, 4) is 0 Å². The van der Waals surface area contributed by atoms with Crippen molar-refractivity contribution < 1.29 is 22.8 Å². The predicted molar refractivity (Wildman–Crippen MR) is 82.0 cm³/mol. The Bertz CT molecular complexity index is 604. The lowest BCUT2D eigenvalue weighted by molar-refractivity contribution is -0.139. The maximum atomic E-state index is 13.1. The van der Waals surface area contributed by atoms with E-state index in [2.05, 4.69) is 10.6 Å². The van der Waals surface area contributed by atoms with E-state index < -0.39 is 17.8 Å². The number of hydrogen-bond donors (Lipinski definition) is 2. The van der Waals surface area contributed by atoms with E-state index in [9.17, 15) is 22.8 Å². The molecule has 24 heavy (non-hydrogen) atoms. The van der Waals surface area contributed by atoms with Crippen LogP contribution in [-0.2, 0) is 22.3 Å². The molecule has 1 aliphatic heterocycles. The van der Waals surface area contributed by atoms with Crippen molar-refractivity contribution in [2.45, 2.75) is 32.1 Å². The highest BCUT2D eigenvalue weighted by molar-refractivity contribution is 5.88. The molecule has 8 heteroatoms. The van der Waals surface area contributed by atoms with E-state index in [1.807, 2.05) is 0 Å². The Morgan fingerprint density at radius 3 is 2.75 bits per heavy atom. The number of halogens is 3. The molecule has 2 rings (SSSR count). The molecule has 1 unspecified atom stereocenters. The standard InChI is InChI=1S/C16H20F3N3O2/c1-2-20-14(23)9-13-15(24)21-7-8-22(13)10-11-5-3-4-6-12(11)16(17,18)19/h3-6,13H,2,7-10H2,1H3,(H,20,23)(H,21,24). The van der Waals surface area contributed by atoms with E-state index in [4.69, 9.17) is 0 Å². The Balaban J connectivity index is 2.20. The van der Waals surface area contributed by atoms with E-state index in [1.165, 1.54) is 18.2 Å². The van der Waals surface area contributed by atoms with Gasteiger partial charge in [-0.25, -0.2) is 0 Å². The van der Waals surface area contributed by atoms with Crippen LogP contribution in [0.5, 0.6) is 0 Å². The fraction of sp³-hybridized carbons (Fsp3) is 0.500. The molecule has 2 amide bonds. The molecule has 0 spiro atoms. The van der Waals surface area contributed by atoms with E-state index in [-0.39, 0.29) is 30.3 Å². The fourth-order valence-corrected chi connectivity index (χ4v) is 2.77. The molecular weight excluding hydrogens is 323 g/mol. The SMILES string of the molecule is CCNC(=O)CC1C(=O)NCCN1Cc1ccccc1C(F)(F)F. The Morgan fingerprint density at radius 2 is 2.08 bits per heavy atom. The van der Waals surface area contributed by atoms with Gasteiger partial charge in [0.05, 0.1) is 18.0 Å². The fourth-order valence-electron chi connectivity index (χ4n) is 2.77. The molecule has 0 radical (unpaired) electrons. The molecule has 1 fully saturated rings.